The number of ether oxygens (including phenoxy) is 3. The van der Waals surface area contributed by atoms with E-state index >= 15 is 0 Å². The highest BCUT2D eigenvalue weighted by atomic mass is 35.5. The van der Waals surface area contributed by atoms with Gasteiger partial charge in [0.2, 0.25) is 0 Å². The molecule has 3 rings (SSSR count). The van der Waals surface area contributed by atoms with Crippen molar-refractivity contribution in [2.45, 2.75) is 6.42 Å². The Hall–Kier alpha value is -2.80. The third-order valence-corrected chi connectivity index (χ3v) is 3.78. The normalized spacial score (nSPS) is 12.4. The smallest absolute Gasteiger partial charge is 0.310 e. The molecule has 0 saturated heterocycles. The maximum atomic E-state index is 12.8. The molecule has 0 saturated carbocycles. The number of hydrogen-bond acceptors (Lipinski definition) is 5. The number of nitrogens with one attached hydrogen (secondary N) is 1. The summed E-state index contributed by atoms with van der Waals surface area (Å²) in [7, 11) is 0. The van der Waals surface area contributed by atoms with Gasteiger partial charge in [-0.15, -0.1) is 0 Å². The molecule has 1 N–H and O–H groups in total. The van der Waals surface area contributed by atoms with Crippen molar-refractivity contribution in [1.82, 2.24) is 0 Å². The van der Waals surface area contributed by atoms with Gasteiger partial charge in [-0.1, -0.05) is 11.6 Å². The number of hydrogen-bond donors (Lipinski definition) is 1. The van der Waals surface area contributed by atoms with E-state index in [9.17, 15) is 14.0 Å². The second-order valence-electron chi connectivity index (χ2n) is 5.49. The van der Waals surface area contributed by atoms with Gasteiger partial charge in [0, 0.05) is 5.69 Å². The van der Waals surface area contributed by atoms with Crippen molar-refractivity contribution < 1.29 is 28.2 Å². The van der Waals surface area contributed by atoms with Crippen LogP contribution in [-0.4, -0.2) is 31.7 Å². The highest BCUT2D eigenvalue weighted by Gasteiger charge is 2.18. The molecule has 136 valence electrons. The number of fused-ring (bicyclic) bond motifs is 1. The Morgan fingerprint density at radius 3 is 2.65 bits per heavy atom. The lowest BCUT2D eigenvalue weighted by Gasteiger charge is -2.20. The van der Waals surface area contributed by atoms with E-state index in [0.29, 0.717) is 41.0 Å². The highest BCUT2D eigenvalue weighted by Crippen LogP contribution is 2.38. The quantitative estimate of drug-likeness (QED) is 0.808. The lowest BCUT2D eigenvalue weighted by atomic mass is 10.1. The standard InChI is InChI=1S/C18H15ClFNO5/c19-14-7-11(8-15-18(14)25-6-5-24-15)9-17(23)26-10-16(22)21-13-3-1-12(20)2-4-13/h1-4,7-8H,5-6,9-10H2,(H,21,22). The first-order valence-electron chi connectivity index (χ1n) is 7.80. The zero-order valence-electron chi connectivity index (χ0n) is 13.6. The van der Waals surface area contributed by atoms with Gasteiger partial charge < -0.3 is 19.5 Å². The van der Waals surface area contributed by atoms with Crippen LogP contribution in [0.5, 0.6) is 11.5 Å². The molecule has 26 heavy (non-hydrogen) atoms. The Morgan fingerprint density at radius 1 is 1.15 bits per heavy atom. The van der Waals surface area contributed by atoms with Crippen LogP contribution in [0.15, 0.2) is 36.4 Å². The van der Waals surface area contributed by atoms with Crippen molar-refractivity contribution in [2.75, 3.05) is 25.1 Å². The molecule has 0 atom stereocenters. The van der Waals surface area contributed by atoms with Gasteiger partial charge >= 0.3 is 5.97 Å². The molecule has 0 radical (unpaired) electrons. The Balaban J connectivity index is 1.52. The molecule has 0 spiro atoms. The maximum absolute atomic E-state index is 12.8. The second kappa shape index (κ2) is 8.05. The fourth-order valence-corrected chi connectivity index (χ4v) is 2.65. The van der Waals surface area contributed by atoms with Crippen LogP contribution in [0.4, 0.5) is 10.1 Å². The summed E-state index contributed by atoms with van der Waals surface area (Å²) in [5, 5.41) is 2.84. The summed E-state index contributed by atoms with van der Waals surface area (Å²) in [6.45, 7) is 0.368. The average Bonchev–Trinajstić information content (AvgIpc) is 2.62. The van der Waals surface area contributed by atoms with Crippen molar-refractivity contribution in [3.05, 3.63) is 52.8 Å². The van der Waals surface area contributed by atoms with E-state index in [4.69, 9.17) is 25.8 Å². The molecule has 2 aromatic rings. The van der Waals surface area contributed by atoms with E-state index in [1.165, 1.54) is 24.3 Å². The number of carbonyl (C=O) groups is 2. The van der Waals surface area contributed by atoms with E-state index in [-0.39, 0.29) is 6.42 Å². The largest absolute Gasteiger partial charge is 0.486 e. The minimum Gasteiger partial charge on any atom is -0.486 e. The van der Waals surface area contributed by atoms with Crippen LogP contribution in [0.3, 0.4) is 0 Å². The number of rotatable bonds is 5. The number of anilines is 1. The first kappa shape index (κ1) is 18.0. The van der Waals surface area contributed by atoms with Crippen molar-refractivity contribution in [3.8, 4) is 11.5 Å². The van der Waals surface area contributed by atoms with Gasteiger partial charge in [-0.3, -0.25) is 9.59 Å². The van der Waals surface area contributed by atoms with Crippen LogP contribution in [0.25, 0.3) is 0 Å². The molecule has 1 heterocycles. The fourth-order valence-electron chi connectivity index (χ4n) is 2.36. The fraction of sp³-hybridized carbons (Fsp3) is 0.222. The molecule has 1 aliphatic heterocycles. The van der Waals surface area contributed by atoms with E-state index in [1.54, 1.807) is 12.1 Å². The summed E-state index contributed by atoms with van der Waals surface area (Å²) in [6.07, 6.45) is -0.0693. The molecule has 0 aliphatic carbocycles. The number of halogens is 2. The van der Waals surface area contributed by atoms with Crippen molar-refractivity contribution in [3.63, 3.8) is 0 Å². The molecule has 1 aliphatic rings. The van der Waals surface area contributed by atoms with E-state index in [2.05, 4.69) is 5.32 Å². The zero-order chi connectivity index (χ0) is 18.5. The Labute approximate surface area is 153 Å². The van der Waals surface area contributed by atoms with Crippen LogP contribution in [0.2, 0.25) is 5.02 Å². The molecular formula is C18H15ClFNO5. The van der Waals surface area contributed by atoms with E-state index in [1.807, 2.05) is 0 Å². The minimum absolute atomic E-state index is 0.0693. The van der Waals surface area contributed by atoms with Crippen LogP contribution in [0, 0.1) is 5.82 Å². The van der Waals surface area contributed by atoms with Gasteiger partial charge in [0.1, 0.15) is 19.0 Å². The lowest BCUT2D eigenvalue weighted by Crippen LogP contribution is -2.21. The third kappa shape index (κ3) is 4.64. The Bertz CT molecular complexity index is 825. The molecule has 1 amide bonds. The van der Waals surface area contributed by atoms with Gasteiger partial charge in [0.05, 0.1) is 11.4 Å². The maximum Gasteiger partial charge on any atom is 0.310 e. The van der Waals surface area contributed by atoms with Crippen LogP contribution in [0.1, 0.15) is 5.56 Å². The molecule has 6 nitrogen and oxygen atoms in total. The summed E-state index contributed by atoms with van der Waals surface area (Å²) in [6, 6.07) is 8.49. The van der Waals surface area contributed by atoms with Gasteiger partial charge in [0.15, 0.2) is 18.1 Å². The predicted octanol–water partition coefficient (Wildman–Crippen LogP) is 2.97. The average molecular weight is 380 g/mol. The van der Waals surface area contributed by atoms with E-state index in [0.717, 1.165) is 0 Å². The second-order valence-corrected chi connectivity index (χ2v) is 5.90. The summed E-state index contributed by atoms with van der Waals surface area (Å²) in [4.78, 5) is 23.7. The monoisotopic (exact) mass is 379 g/mol. The number of carbonyl (C=O) groups excluding carboxylic acids is 2. The van der Waals surface area contributed by atoms with Crippen LogP contribution < -0.4 is 14.8 Å². The predicted molar refractivity (Wildman–Crippen MR) is 92.1 cm³/mol. The molecule has 8 heteroatoms. The SMILES string of the molecule is O=C(COC(=O)Cc1cc(Cl)c2c(c1)OCCO2)Nc1ccc(F)cc1. The van der Waals surface area contributed by atoms with Crippen LogP contribution in [-0.2, 0) is 20.7 Å². The van der Waals surface area contributed by atoms with Crippen molar-refractivity contribution >= 4 is 29.2 Å². The van der Waals surface area contributed by atoms with E-state index < -0.39 is 24.3 Å². The lowest BCUT2D eigenvalue weighted by molar-refractivity contribution is -0.146. The third-order valence-electron chi connectivity index (χ3n) is 3.50. The summed E-state index contributed by atoms with van der Waals surface area (Å²) < 4.78 is 28.6. The topological polar surface area (TPSA) is 73.9 Å². The molecule has 0 aromatic heterocycles. The zero-order valence-corrected chi connectivity index (χ0v) is 14.3. The summed E-state index contributed by atoms with van der Waals surface area (Å²) in [5.41, 5.74) is 0.995. The Morgan fingerprint density at radius 2 is 1.88 bits per heavy atom. The van der Waals surface area contributed by atoms with Gasteiger partial charge in [-0.25, -0.2) is 4.39 Å². The molecule has 0 unspecified atom stereocenters. The first-order valence-corrected chi connectivity index (χ1v) is 8.18. The molecule has 0 fully saturated rings. The van der Waals surface area contributed by atoms with Gasteiger partial charge in [0.25, 0.3) is 5.91 Å². The Kier molecular flexibility index (Phi) is 5.58. The van der Waals surface area contributed by atoms with Crippen molar-refractivity contribution in [1.29, 1.82) is 0 Å². The molecule has 2 aromatic carbocycles. The number of esters is 1. The van der Waals surface area contributed by atoms with Crippen molar-refractivity contribution in [2.24, 2.45) is 0 Å². The van der Waals surface area contributed by atoms with Gasteiger partial charge in [-0.05, 0) is 42.0 Å². The minimum atomic E-state index is -0.591. The highest BCUT2D eigenvalue weighted by molar-refractivity contribution is 6.32. The summed E-state index contributed by atoms with van der Waals surface area (Å²) >= 11 is 6.11. The number of benzene rings is 2. The summed E-state index contributed by atoms with van der Waals surface area (Å²) in [5.74, 6) is -0.598. The first-order chi connectivity index (χ1) is 12.5. The van der Waals surface area contributed by atoms with Gasteiger partial charge in [-0.2, -0.15) is 0 Å². The van der Waals surface area contributed by atoms with Crippen LogP contribution >= 0.6 is 11.6 Å². The number of amides is 1. The molecular weight excluding hydrogens is 365 g/mol. The molecule has 0 bridgehead atoms.